The van der Waals surface area contributed by atoms with Gasteiger partial charge in [-0.2, -0.15) is 13.2 Å². The molecule has 1 amide bonds. The number of ether oxygens (including phenoxy) is 1. The van der Waals surface area contributed by atoms with Crippen molar-refractivity contribution in [2.75, 3.05) is 5.32 Å². The Morgan fingerprint density at radius 3 is 2.43 bits per heavy atom. The van der Waals surface area contributed by atoms with Crippen molar-refractivity contribution in [2.45, 2.75) is 12.8 Å². The summed E-state index contributed by atoms with van der Waals surface area (Å²) in [5, 5.41) is 3.11. The molecule has 0 spiro atoms. The first-order valence-corrected chi connectivity index (χ1v) is 9.40. The third-order valence-corrected chi connectivity index (χ3v) is 5.04. The number of carbonyl (C=O) groups excluding carboxylic acids is 1. The van der Waals surface area contributed by atoms with Crippen LogP contribution in [0.4, 0.5) is 18.9 Å². The fraction of sp³-hybridized carbons (Fsp3) is 0.0870. The van der Waals surface area contributed by atoms with E-state index in [1.165, 1.54) is 6.07 Å². The molecular formula is C23H15ClF3NO2. The van der Waals surface area contributed by atoms with Crippen LogP contribution in [-0.2, 0) is 17.6 Å². The maximum atomic E-state index is 12.9. The van der Waals surface area contributed by atoms with Gasteiger partial charge in [-0.1, -0.05) is 48.0 Å². The number of halogens is 4. The van der Waals surface area contributed by atoms with Gasteiger partial charge >= 0.3 is 6.18 Å². The average Bonchev–Trinajstić information content (AvgIpc) is 3.02. The van der Waals surface area contributed by atoms with Gasteiger partial charge in [-0.25, -0.2) is 0 Å². The molecule has 0 aromatic heterocycles. The van der Waals surface area contributed by atoms with Crippen LogP contribution >= 0.6 is 11.6 Å². The maximum absolute atomic E-state index is 12.9. The minimum Gasteiger partial charge on any atom is -0.489 e. The predicted octanol–water partition coefficient (Wildman–Crippen LogP) is 6.43. The fourth-order valence-corrected chi connectivity index (χ4v) is 3.31. The first kappa shape index (κ1) is 20.0. The summed E-state index contributed by atoms with van der Waals surface area (Å²) < 4.78 is 44.4. The lowest BCUT2D eigenvalue weighted by Gasteiger charge is -2.08. The second-order valence-corrected chi connectivity index (χ2v) is 7.13. The first-order valence-electron chi connectivity index (χ1n) is 9.02. The molecule has 0 saturated heterocycles. The van der Waals surface area contributed by atoms with E-state index in [-0.39, 0.29) is 5.69 Å². The monoisotopic (exact) mass is 429 g/mol. The molecule has 0 bridgehead atoms. The van der Waals surface area contributed by atoms with Crippen LogP contribution in [0.25, 0.3) is 11.6 Å². The fourth-order valence-electron chi connectivity index (χ4n) is 3.12. The summed E-state index contributed by atoms with van der Waals surface area (Å²) in [7, 11) is 0. The number of hydrogen-bond donors (Lipinski definition) is 1. The van der Waals surface area contributed by atoms with Crippen molar-refractivity contribution in [1.82, 2.24) is 0 Å². The first-order chi connectivity index (χ1) is 14.3. The molecule has 0 saturated carbocycles. The topological polar surface area (TPSA) is 38.3 Å². The Kier molecular flexibility index (Phi) is 5.26. The molecule has 3 aromatic rings. The normalized spacial score (nSPS) is 14.5. The van der Waals surface area contributed by atoms with E-state index in [0.717, 1.165) is 23.3 Å². The van der Waals surface area contributed by atoms with Crippen LogP contribution in [0.3, 0.4) is 0 Å². The molecule has 1 aliphatic heterocycles. The minimum absolute atomic E-state index is 0.153. The van der Waals surface area contributed by atoms with Crippen LogP contribution in [0.15, 0.2) is 66.7 Å². The van der Waals surface area contributed by atoms with Crippen LogP contribution in [0, 0.1) is 0 Å². The quantitative estimate of drug-likeness (QED) is 0.485. The molecule has 1 N–H and O–H groups in total. The highest BCUT2D eigenvalue weighted by atomic mass is 35.5. The molecule has 0 aliphatic carbocycles. The van der Waals surface area contributed by atoms with E-state index in [2.05, 4.69) is 5.32 Å². The van der Waals surface area contributed by atoms with Gasteiger partial charge in [0, 0.05) is 27.4 Å². The number of amides is 1. The smallest absolute Gasteiger partial charge is 0.416 e. The van der Waals surface area contributed by atoms with Gasteiger partial charge in [0.25, 0.3) is 5.91 Å². The maximum Gasteiger partial charge on any atom is 0.416 e. The number of fused-ring (bicyclic) bond motifs is 1. The van der Waals surface area contributed by atoms with E-state index in [9.17, 15) is 18.0 Å². The number of benzene rings is 3. The van der Waals surface area contributed by atoms with Crippen molar-refractivity contribution in [3.05, 3.63) is 94.0 Å². The number of hydrogen-bond acceptors (Lipinski definition) is 2. The zero-order valence-electron chi connectivity index (χ0n) is 15.5. The van der Waals surface area contributed by atoms with E-state index in [4.69, 9.17) is 16.3 Å². The molecule has 1 heterocycles. The van der Waals surface area contributed by atoms with Crippen molar-refractivity contribution >= 4 is 34.8 Å². The molecule has 1 aliphatic rings. The summed E-state index contributed by atoms with van der Waals surface area (Å²) in [6, 6.07) is 17.7. The van der Waals surface area contributed by atoms with Crippen LogP contribution in [0.1, 0.15) is 22.3 Å². The van der Waals surface area contributed by atoms with Crippen molar-refractivity contribution < 1.29 is 22.7 Å². The van der Waals surface area contributed by atoms with E-state index < -0.39 is 17.6 Å². The Labute approximate surface area is 175 Å². The molecule has 3 nitrogen and oxygen atoms in total. The lowest BCUT2D eigenvalue weighted by molar-refractivity contribution is -0.137. The number of carbonyl (C=O) groups is 1. The molecule has 30 heavy (non-hydrogen) atoms. The Balaban J connectivity index is 1.52. The number of nitrogens with one attached hydrogen (secondary N) is 1. The summed E-state index contributed by atoms with van der Waals surface area (Å²) in [5.74, 6) is 0.187. The van der Waals surface area contributed by atoms with Gasteiger partial charge in [0.15, 0.2) is 0 Å². The van der Waals surface area contributed by atoms with Crippen LogP contribution in [-0.4, -0.2) is 5.91 Å². The third kappa shape index (κ3) is 4.19. The number of alkyl halides is 3. The molecule has 7 heteroatoms. The second-order valence-electron chi connectivity index (χ2n) is 6.72. The minimum atomic E-state index is -4.47. The number of anilines is 1. The standard InChI is InChI=1S/C23H15ClF3NO2/c24-20-4-2-1-3-15(20)13-30-17-8-5-14(6-9-17)11-19-18-10-7-16(23(25,26)27)12-21(18)28-22(19)29/h1-12H,13H2,(H,28,29)/b19-11-. The average molecular weight is 430 g/mol. The Morgan fingerprint density at radius 2 is 1.73 bits per heavy atom. The third-order valence-electron chi connectivity index (χ3n) is 4.67. The summed E-state index contributed by atoms with van der Waals surface area (Å²) in [6.45, 7) is 0.317. The molecule has 152 valence electrons. The van der Waals surface area contributed by atoms with Crippen molar-refractivity contribution in [3.8, 4) is 5.75 Å². The van der Waals surface area contributed by atoms with Gasteiger partial charge < -0.3 is 10.1 Å². The largest absolute Gasteiger partial charge is 0.489 e. The van der Waals surface area contributed by atoms with Gasteiger partial charge in [-0.05, 0) is 42.0 Å². The summed E-state index contributed by atoms with van der Waals surface area (Å²) in [6.07, 6.45) is -2.84. The Hall–Kier alpha value is -3.25. The molecular weight excluding hydrogens is 415 g/mol. The van der Waals surface area contributed by atoms with E-state index in [1.54, 1.807) is 36.4 Å². The highest BCUT2D eigenvalue weighted by Gasteiger charge is 2.33. The van der Waals surface area contributed by atoms with Crippen LogP contribution in [0.5, 0.6) is 5.75 Å². The van der Waals surface area contributed by atoms with Crippen molar-refractivity contribution in [3.63, 3.8) is 0 Å². The SMILES string of the molecule is O=C1Nc2cc(C(F)(F)F)ccc2/C1=C/c1ccc(OCc2ccccc2Cl)cc1. The van der Waals surface area contributed by atoms with Crippen LogP contribution in [0.2, 0.25) is 5.02 Å². The summed E-state index contributed by atoms with van der Waals surface area (Å²) in [5.41, 5.74) is 1.68. The van der Waals surface area contributed by atoms with Crippen LogP contribution < -0.4 is 10.1 Å². The highest BCUT2D eigenvalue weighted by Crippen LogP contribution is 2.38. The highest BCUT2D eigenvalue weighted by molar-refractivity contribution is 6.35. The zero-order valence-corrected chi connectivity index (χ0v) is 16.2. The van der Waals surface area contributed by atoms with E-state index in [0.29, 0.717) is 28.5 Å². The van der Waals surface area contributed by atoms with Gasteiger partial charge in [-0.3, -0.25) is 4.79 Å². The van der Waals surface area contributed by atoms with Gasteiger partial charge in [0.2, 0.25) is 0 Å². The molecule has 0 fully saturated rings. The van der Waals surface area contributed by atoms with Crippen molar-refractivity contribution in [2.24, 2.45) is 0 Å². The van der Waals surface area contributed by atoms with Gasteiger partial charge in [-0.15, -0.1) is 0 Å². The van der Waals surface area contributed by atoms with Crippen molar-refractivity contribution in [1.29, 1.82) is 0 Å². The molecule has 0 radical (unpaired) electrons. The van der Waals surface area contributed by atoms with Gasteiger partial charge in [0.1, 0.15) is 12.4 Å². The second kappa shape index (κ2) is 7.88. The predicted molar refractivity (Wildman–Crippen MR) is 110 cm³/mol. The molecule has 4 rings (SSSR count). The Morgan fingerprint density at radius 1 is 1.00 bits per heavy atom. The molecule has 3 aromatic carbocycles. The van der Waals surface area contributed by atoms with Gasteiger partial charge in [0.05, 0.1) is 5.56 Å². The number of rotatable bonds is 4. The summed E-state index contributed by atoms with van der Waals surface area (Å²) in [4.78, 5) is 12.3. The lowest BCUT2D eigenvalue weighted by Crippen LogP contribution is -2.06. The summed E-state index contributed by atoms with van der Waals surface area (Å²) >= 11 is 6.11. The van der Waals surface area contributed by atoms with E-state index in [1.807, 2.05) is 18.2 Å². The molecule has 0 unspecified atom stereocenters. The zero-order chi connectivity index (χ0) is 21.3. The van der Waals surface area contributed by atoms with E-state index >= 15 is 0 Å². The molecule has 0 atom stereocenters. The lowest BCUT2D eigenvalue weighted by atomic mass is 10.0. The Bertz CT molecular complexity index is 1140.